The minimum Gasteiger partial charge on any atom is -0.392 e. The number of hydrogen-bond acceptors (Lipinski definition) is 3. The number of hydrogen-bond donors (Lipinski definition) is 3. The summed E-state index contributed by atoms with van der Waals surface area (Å²) in [5, 5.41) is 33.2. The summed E-state index contributed by atoms with van der Waals surface area (Å²) in [5.41, 5.74) is 1.84. The molecule has 0 aliphatic heterocycles. The molecule has 0 heterocycles. The molecule has 3 saturated carbocycles. The standard InChI is InChI=1S/C25H40O3/c1-14(2)16-9-11-23(4)17(16)10-12-24(5)18-8-7-15(3)21(27)22(28)25(18,6)20(26)13-19(23)24/h10,14,16,18-22,26-28H,3,7-9,11-13H2,1-2,4-6H3/t16-,18+,19-,20-,21-,22+,23+,24+,25-/m0/s1. The van der Waals surface area contributed by atoms with E-state index < -0.39 is 23.7 Å². The van der Waals surface area contributed by atoms with Crippen molar-refractivity contribution in [2.45, 2.75) is 91.5 Å². The highest BCUT2D eigenvalue weighted by Crippen LogP contribution is 2.70. The molecule has 0 aromatic heterocycles. The minimum atomic E-state index is -0.953. The molecule has 0 saturated heterocycles. The number of aliphatic hydroxyl groups is 3. The van der Waals surface area contributed by atoms with Gasteiger partial charge in [-0.1, -0.05) is 52.8 Å². The Hall–Kier alpha value is -0.640. The fourth-order valence-electron chi connectivity index (χ4n) is 8.25. The van der Waals surface area contributed by atoms with Crippen LogP contribution in [-0.2, 0) is 0 Å². The van der Waals surface area contributed by atoms with Crippen molar-refractivity contribution in [3.8, 4) is 0 Å². The van der Waals surface area contributed by atoms with Crippen LogP contribution < -0.4 is 0 Å². The van der Waals surface area contributed by atoms with Gasteiger partial charge in [-0.25, -0.2) is 0 Å². The van der Waals surface area contributed by atoms with Gasteiger partial charge < -0.3 is 15.3 Å². The second-order valence-corrected chi connectivity index (χ2v) is 11.5. The summed E-state index contributed by atoms with van der Waals surface area (Å²) in [6.45, 7) is 15.6. The van der Waals surface area contributed by atoms with E-state index in [-0.39, 0.29) is 16.7 Å². The van der Waals surface area contributed by atoms with Crippen LogP contribution in [0.2, 0.25) is 0 Å². The van der Waals surface area contributed by atoms with Crippen LogP contribution in [-0.4, -0.2) is 33.6 Å². The Morgan fingerprint density at radius 1 is 1.07 bits per heavy atom. The third-order valence-electron chi connectivity index (χ3n) is 10.00. The Morgan fingerprint density at radius 2 is 1.75 bits per heavy atom. The molecule has 4 rings (SSSR count). The monoisotopic (exact) mass is 388 g/mol. The molecular weight excluding hydrogens is 348 g/mol. The Kier molecular flexibility index (Phi) is 4.73. The van der Waals surface area contributed by atoms with E-state index in [0.29, 0.717) is 17.8 Å². The third kappa shape index (κ3) is 2.45. The molecule has 28 heavy (non-hydrogen) atoms. The first-order valence-electron chi connectivity index (χ1n) is 11.4. The van der Waals surface area contributed by atoms with E-state index in [9.17, 15) is 15.3 Å². The average Bonchev–Trinajstić information content (AvgIpc) is 2.95. The van der Waals surface area contributed by atoms with Gasteiger partial charge in [0.2, 0.25) is 0 Å². The molecule has 158 valence electrons. The van der Waals surface area contributed by atoms with Crippen molar-refractivity contribution in [1.29, 1.82) is 0 Å². The molecule has 4 aliphatic rings. The topological polar surface area (TPSA) is 60.7 Å². The molecule has 0 radical (unpaired) electrons. The summed E-state index contributed by atoms with van der Waals surface area (Å²) in [6.07, 6.45) is 5.87. The molecule has 0 bridgehead atoms. The van der Waals surface area contributed by atoms with Gasteiger partial charge in [-0.3, -0.25) is 0 Å². The van der Waals surface area contributed by atoms with Gasteiger partial charge in [-0.15, -0.1) is 0 Å². The minimum absolute atomic E-state index is 0.0312. The first kappa shape index (κ1) is 20.6. The van der Waals surface area contributed by atoms with Gasteiger partial charge in [-0.05, 0) is 78.6 Å². The summed E-state index contributed by atoms with van der Waals surface area (Å²) >= 11 is 0. The van der Waals surface area contributed by atoms with Gasteiger partial charge in [0, 0.05) is 5.41 Å². The summed E-state index contributed by atoms with van der Waals surface area (Å²) < 4.78 is 0. The summed E-state index contributed by atoms with van der Waals surface area (Å²) in [4.78, 5) is 0. The van der Waals surface area contributed by atoms with E-state index in [2.05, 4.69) is 40.3 Å². The Morgan fingerprint density at radius 3 is 2.39 bits per heavy atom. The highest BCUT2D eigenvalue weighted by atomic mass is 16.3. The molecule has 3 nitrogen and oxygen atoms in total. The predicted molar refractivity (Wildman–Crippen MR) is 113 cm³/mol. The molecule has 0 spiro atoms. The van der Waals surface area contributed by atoms with Gasteiger partial charge in [0.05, 0.1) is 12.2 Å². The second-order valence-electron chi connectivity index (χ2n) is 11.5. The summed E-state index contributed by atoms with van der Waals surface area (Å²) in [6, 6.07) is 0. The van der Waals surface area contributed by atoms with Crippen LogP contribution in [0, 0.1) is 39.9 Å². The van der Waals surface area contributed by atoms with Crippen LogP contribution in [0.4, 0.5) is 0 Å². The molecule has 0 unspecified atom stereocenters. The Bertz CT molecular complexity index is 696. The van der Waals surface area contributed by atoms with Crippen molar-refractivity contribution in [3.63, 3.8) is 0 Å². The zero-order valence-electron chi connectivity index (χ0n) is 18.4. The third-order valence-corrected chi connectivity index (χ3v) is 10.00. The highest BCUT2D eigenvalue weighted by Gasteiger charge is 2.66. The van der Waals surface area contributed by atoms with Crippen LogP contribution in [0.1, 0.15) is 73.1 Å². The van der Waals surface area contributed by atoms with Crippen molar-refractivity contribution < 1.29 is 15.3 Å². The molecule has 0 amide bonds. The highest BCUT2D eigenvalue weighted by molar-refractivity contribution is 5.32. The number of allylic oxidation sites excluding steroid dienone is 2. The molecule has 3 heteroatoms. The van der Waals surface area contributed by atoms with Crippen LogP contribution in [0.15, 0.2) is 23.8 Å². The number of fused-ring (bicyclic) bond motifs is 5. The maximum Gasteiger partial charge on any atom is 0.101 e. The normalized spacial score (nSPS) is 53.9. The number of aliphatic hydroxyl groups excluding tert-OH is 3. The maximum atomic E-state index is 11.4. The van der Waals surface area contributed by atoms with Gasteiger partial charge in [0.25, 0.3) is 0 Å². The van der Waals surface area contributed by atoms with Gasteiger partial charge >= 0.3 is 0 Å². The van der Waals surface area contributed by atoms with Crippen LogP contribution >= 0.6 is 0 Å². The molecule has 3 N–H and O–H groups in total. The lowest BCUT2D eigenvalue weighted by atomic mass is 9.41. The van der Waals surface area contributed by atoms with E-state index in [4.69, 9.17) is 0 Å². The van der Waals surface area contributed by atoms with Gasteiger partial charge in [0.1, 0.15) is 6.10 Å². The lowest BCUT2D eigenvalue weighted by molar-refractivity contribution is -0.212. The molecule has 3 fully saturated rings. The Balaban J connectivity index is 1.81. The zero-order valence-corrected chi connectivity index (χ0v) is 18.4. The largest absolute Gasteiger partial charge is 0.392 e. The van der Waals surface area contributed by atoms with E-state index >= 15 is 0 Å². The quantitative estimate of drug-likeness (QED) is 0.581. The summed E-state index contributed by atoms with van der Waals surface area (Å²) in [5.74, 6) is 1.92. The Labute approximate surface area is 170 Å². The van der Waals surface area contributed by atoms with Crippen molar-refractivity contribution in [2.75, 3.05) is 0 Å². The first-order chi connectivity index (χ1) is 13.0. The maximum absolute atomic E-state index is 11.4. The summed E-state index contributed by atoms with van der Waals surface area (Å²) in [7, 11) is 0. The fraction of sp³-hybridized carbons (Fsp3) is 0.840. The first-order valence-corrected chi connectivity index (χ1v) is 11.4. The van der Waals surface area contributed by atoms with Gasteiger partial charge in [0.15, 0.2) is 0 Å². The molecule has 0 aromatic rings. The fourth-order valence-corrected chi connectivity index (χ4v) is 8.25. The van der Waals surface area contributed by atoms with Crippen LogP contribution in [0.3, 0.4) is 0 Å². The van der Waals surface area contributed by atoms with Gasteiger partial charge in [-0.2, -0.15) is 0 Å². The SMILES string of the molecule is C=C1CC[C@@H]2[C@@]3(C)CC=C4[C@H](C(C)C)CC[C@@]4(C)[C@@H]3C[C@H](O)[C@@]2(C)[C@H](O)[C@H]1O. The predicted octanol–water partition coefficient (Wildman–Crippen LogP) is 4.47. The van der Waals surface area contributed by atoms with Crippen molar-refractivity contribution in [3.05, 3.63) is 23.8 Å². The van der Waals surface area contributed by atoms with E-state index in [1.165, 1.54) is 12.8 Å². The smallest absolute Gasteiger partial charge is 0.101 e. The van der Waals surface area contributed by atoms with Crippen molar-refractivity contribution >= 4 is 0 Å². The van der Waals surface area contributed by atoms with E-state index in [1.54, 1.807) is 5.57 Å². The lowest BCUT2D eigenvalue weighted by Crippen LogP contribution is -2.64. The van der Waals surface area contributed by atoms with Crippen LogP contribution in [0.25, 0.3) is 0 Å². The average molecular weight is 389 g/mol. The molecule has 0 aromatic carbocycles. The molecule has 4 aliphatic carbocycles. The second kappa shape index (κ2) is 6.43. The van der Waals surface area contributed by atoms with Crippen LogP contribution in [0.5, 0.6) is 0 Å². The van der Waals surface area contributed by atoms with E-state index in [1.807, 2.05) is 6.92 Å². The van der Waals surface area contributed by atoms with E-state index in [0.717, 1.165) is 31.3 Å². The molecular formula is C25H40O3. The van der Waals surface area contributed by atoms with Crippen molar-refractivity contribution in [2.24, 2.45) is 39.9 Å². The van der Waals surface area contributed by atoms with Crippen molar-refractivity contribution in [1.82, 2.24) is 0 Å². The lowest BCUT2D eigenvalue weighted by Gasteiger charge is -2.64. The number of rotatable bonds is 1. The zero-order chi connectivity index (χ0) is 20.6. The molecule has 9 atom stereocenters.